The summed E-state index contributed by atoms with van der Waals surface area (Å²) in [6.07, 6.45) is 0.278. The standard InChI is InChI=1S/C34H44N6O3.C2HF3O2/c35-34(36)38-18-8-13-28-21-29(43-23-25-15-16-26-11-4-5-12-27(26)19-25)22-40(28)33(42)31(20-24-9-2-1-3-10-24)39-32(41)30-14-6-7-17-37-30;3-2(4,5)1(6)7/h1-5,9-12,15-16,19,28-31,37H,6-8,13-14,17-18,20-23H2,(H,39,41)(H4,35,36,38);(H,6,7)/t28-,29-,30-,31+;/m0./s1. The van der Waals surface area contributed by atoms with Crippen molar-refractivity contribution >= 4 is 34.5 Å². The smallest absolute Gasteiger partial charge is 0.475 e. The number of alkyl halides is 3. The van der Waals surface area contributed by atoms with Gasteiger partial charge < -0.3 is 36.8 Å². The van der Waals surface area contributed by atoms with E-state index in [4.69, 9.17) is 26.1 Å². The number of nitrogens with one attached hydrogen (secondary N) is 2. The van der Waals surface area contributed by atoms with Gasteiger partial charge in [-0.3, -0.25) is 14.6 Å². The predicted molar refractivity (Wildman–Crippen MR) is 184 cm³/mol. The van der Waals surface area contributed by atoms with Gasteiger partial charge in [0.05, 0.1) is 18.8 Å². The van der Waals surface area contributed by atoms with E-state index in [1.807, 2.05) is 47.4 Å². The summed E-state index contributed by atoms with van der Waals surface area (Å²) in [5.74, 6) is -2.87. The number of likely N-dealkylation sites (tertiary alicyclic amines) is 1. The lowest BCUT2D eigenvalue weighted by Crippen LogP contribution is -2.56. The fourth-order valence-electron chi connectivity index (χ4n) is 6.21. The van der Waals surface area contributed by atoms with Crippen LogP contribution in [0, 0.1) is 0 Å². The summed E-state index contributed by atoms with van der Waals surface area (Å²) in [5, 5.41) is 15.9. The van der Waals surface area contributed by atoms with Gasteiger partial charge in [0.25, 0.3) is 0 Å². The fraction of sp³-hybridized carbons (Fsp3) is 0.444. The number of aliphatic imine (C=N–C) groups is 1. The van der Waals surface area contributed by atoms with E-state index in [-0.39, 0.29) is 36.0 Å². The molecule has 270 valence electrons. The first-order valence-electron chi connectivity index (χ1n) is 16.7. The fourth-order valence-corrected chi connectivity index (χ4v) is 6.21. The van der Waals surface area contributed by atoms with E-state index in [0.29, 0.717) is 26.1 Å². The van der Waals surface area contributed by atoms with Crippen molar-refractivity contribution in [2.75, 3.05) is 19.6 Å². The number of piperidine rings is 1. The van der Waals surface area contributed by atoms with Crippen LogP contribution in [0.4, 0.5) is 13.2 Å². The Kier molecular flexibility index (Phi) is 14.0. The first-order chi connectivity index (χ1) is 23.9. The van der Waals surface area contributed by atoms with Crippen molar-refractivity contribution in [2.45, 2.75) is 82.0 Å². The van der Waals surface area contributed by atoms with Gasteiger partial charge in [-0.1, -0.05) is 73.2 Å². The summed E-state index contributed by atoms with van der Waals surface area (Å²) >= 11 is 0. The lowest BCUT2D eigenvalue weighted by molar-refractivity contribution is -0.192. The summed E-state index contributed by atoms with van der Waals surface area (Å²) in [5.41, 5.74) is 13.2. The number of carboxylic acids is 1. The van der Waals surface area contributed by atoms with Crippen molar-refractivity contribution < 1.29 is 37.4 Å². The third-order valence-electron chi connectivity index (χ3n) is 8.72. The van der Waals surface area contributed by atoms with Gasteiger partial charge in [0.2, 0.25) is 11.8 Å². The van der Waals surface area contributed by atoms with Crippen molar-refractivity contribution in [2.24, 2.45) is 16.5 Å². The molecule has 0 aromatic heterocycles. The second-order valence-corrected chi connectivity index (χ2v) is 12.5. The molecule has 0 bridgehead atoms. The van der Waals surface area contributed by atoms with Gasteiger partial charge in [0.15, 0.2) is 5.96 Å². The SMILES string of the molecule is NC(N)=NCCC[C@H]1C[C@H](OCc2ccc3ccccc3c2)CN1C(=O)[C@@H](Cc1ccccc1)NC(=O)[C@@H]1CCCCN1.O=C(O)C(F)(F)F. The molecule has 2 saturated heterocycles. The average Bonchev–Trinajstić information content (AvgIpc) is 3.52. The Morgan fingerprint density at radius 1 is 1.00 bits per heavy atom. The second kappa shape index (κ2) is 18.3. The monoisotopic (exact) mass is 698 g/mol. The highest BCUT2D eigenvalue weighted by molar-refractivity contribution is 5.90. The number of hydrogen-bond acceptors (Lipinski definition) is 6. The normalized spacial score (nSPS) is 19.6. The number of benzene rings is 3. The van der Waals surface area contributed by atoms with E-state index < -0.39 is 18.2 Å². The number of nitrogens with two attached hydrogens (primary N) is 2. The zero-order valence-electron chi connectivity index (χ0n) is 27.8. The van der Waals surface area contributed by atoms with Gasteiger partial charge in [-0.25, -0.2) is 4.79 Å². The number of carbonyl (C=O) groups excluding carboxylic acids is 2. The molecule has 14 heteroatoms. The van der Waals surface area contributed by atoms with Gasteiger partial charge >= 0.3 is 12.1 Å². The number of hydrogen-bond donors (Lipinski definition) is 5. The van der Waals surface area contributed by atoms with Gasteiger partial charge in [0.1, 0.15) is 6.04 Å². The Hall–Kier alpha value is -4.69. The van der Waals surface area contributed by atoms with Crippen LogP contribution in [0.3, 0.4) is 0 Å². The van der Waals surface area contributed by atoms with Gasteiger partial charge in [-0.15, -0.1) is 0 Å². The largest absolute Gasteiger partial charge is 0.490 e. The quantitative estimate of drug-likeness (QED) is 0.108. The molecule has 2 amide bonds. The van der Waals surface area contributed by atoms with Crippen LogP contribution in [-0.4, -0.2) is 83.8 Å². The molecule has 3 aromatic carbocycles. The molecule has 50 heavy (non-hydrogen) atoms. The summed E-state index contributed by atoms with van der Waals surface area (Å²) in [4.78, 5) is 42.5. The second-order valence-electron chi connectivity index (χ2n) is 12.5. The maximum atomic E-state index is 14.3. The lowest BCUT2D eigenvalue weighted by atomic mass is 10.0. The minimum atomic E-state index is -5.08. The summed E-state index contributed by atoms with van der Waals surface area (Å²) in [7, 11) is 0. The molecule has 11 nitrogen and oxygen atoms in total. The zero-order valence-corrected chi connectivity index (χ0v) is 27.8. The van der Waals surface area contributed by atoms with Crippen LogP contribution in [0.5, 0.6) is 0 Å². The van der Waals surface area contributed by atoms with Crippen LogP contribution in [0.25, 0.3) is 10.8 Å². The zero-order chi connectivity index (χ0) is 36.1. The number of rotatable bonds is 12. The number of guanidine groups is 1. The molecule has 0 unspecified atom stereocenters. The van der Waals surface area contributed by atoms with Crippen LogP contribution < -0.4 is 22.1 Å². The van der Waals surface area contributed by atoms with Crippen molar-refractivity contribution in [1.82, 2.24) is 15.5 Å². The molecule has 7 N–H and O–H groups in total. The molecule has 0 aliphatic carbocycles. The highest BCUT2D eigenvalue weighted by Gasteiger charge is 2.40. The van der Waals surface area contributed by atoms with Crippen LogP contribution >= 0.6 is 0 Å². The van der Waals surface area contributed by atoms with Crippen LogP contribution in [0.2, 0.25) is 0 Å². The van der Waals surface area contributed by atoms with E-state index >= 15 is 0 Å². The third-order valence-corrected chi connectivity index (χ3v) is 8.72. The highest BCUT2D eigenvalue weighted by atomic mass is 19.4. The molecule has 0 spiro atoms. The summed E-state index contributed by atoms with van der Waals surface area (Å²) in [6, 6.07) is 23.5. The van der Waals surface area contributed by atoms with Crippen LogP contribution in [0.15, 0.2) is 77.8 Å². The van der Waals surface area contributed by atoms with Gasteiger partial charge in [0, 0.05) is 25.6 Å². The van der Waals surface area contributed by atoms with Crippen molar-refractivity contribution in [3.63, 3.8) is 0 Å². The topological polar surface area (TPSA) is 172 Å². The Morgan fingerprint density at radius 3 is 2.36 bits per heavy atom. The molecule has 2 heterocycles. The minimum absolute atomic E-state index is 0.0358. The number of amides is 2. The average molecular weight is 699 g/mol. The molecule has 0 radical (unpaired) electrons. The van der Waals surface area contributed by atoms with Crippen LogP contribution in [-0.2, 0) is 32.1 Å². The van der Waals surface area contributed by atoms with E-state index in [2.05, 4.69) is 46.0 Å². The Morgan fingerprint density at radius 2 is 1.70 bits per heavy atom. The predicted octanol–water partition coefficient (Wildman–Crippen LogP) is 3.88. The van der Waals surface area contributed by atoms with E-state index in [1.54, 1.807) is 0 Å². The Balaban J connectivity index is 0.000000727. The van der Waals surface area contributed by atoms with Gasteiger partial charge in [-0.2, -0.15) is 13.2 Å². The van der Waals surface area contributed by atoms with E-state index in [0.717, 1.165) is 56.2 Å². The Labute approximate surface area is 289 Å². The van der Waals surface area contributed by atoms with Crippen molar-refractivity contribution in [1.29, 1.82) is 0 Å². The number of nitrogens with zero attached hydrogens (tertiary/aromatic N) is 2. The number of carbonyl (C=O) groups is 3. The molecule has 3 aromatic rings. The molecule has 0 saturated carbocycles. The van der Waals surface area contributed by atoms with E-state index in [1.165, 1.54) is 10.8 Å². The number of carboxylic acid groups (broad SMARTS) is 1. The number of aliphatic carboxylic acids is 1. The highest BCUT2D eigenvalue weighted by Crippen LogP contribution is 2.27. The number of halogens is 3. The molecule has 2 fully saturated rings. The number of ether oxygens (including phenoxy) is 1. The Bertz CT molecular complexity index is 1600. The summed E-state index contributed by atoms with van der Waals surface area (Å²) in [6.45, 7) is 2.26. The minimum Gasteiger partial charge on any atom is -0.475 e. The van der Waals surface area contributed by atoms with Crippen molar-refractivity contribution in [3.8, 4) is 0 Å². The van der Waals surface area contributed by atoms with Crippen molar-refractivity contribution in [3.05, 3.63) is 83.9 Å². The van der Waals surface area contributed by atoms with Crippen LogP contribution in [0.1, 0.15) is 49.7 Å². The number of fused-ring (bicyclic) bond motifs is 1. The molecule has 2 aliphatic rings. The molecule has 4 atom stereocenters. The summed E-state index contributed by atoms with van der Waals surface area (Å²) < 4.78 is 38.1. The first kappa shape index (κ1) is 38.1. The third kappa shape index (κ3) is 11.7. The maximum absolute atomic E-state index is 14.3. The molecule has 2 aliphatic heterocycles. The van der Waals surface area contributed by atoms with E-state index in [9.17, 15) is 22.8 Å². The lowest BCUT2D eigenvalue weighted by Gasteiger charge is -2.31. The van der Waals surface area contributed by atoms with Gasteiger partial charge in [-0.05, 0) is 66.6 Å². The molecule has 5 rings (SSSR count). The first-order valence-corrected chi connectivity index (χ1v) is 16.7. The maximum Gasteiger partial charge on any atom is 0.490 e. The molecular weight excluding hydrogens is 653 g/mol. The molecular formula is C36H45F3N6O5.